The third-order valence-electron chi connectivity index (χ3n) is 5.99. The number of anilines is 1. The van der Waals surface area contributed by atoms with Gasteiger partial charge < -0.3 is 24.7 Å². The van der Waals surface area contributed by atoms with Gasteiger partial charge in [-0.25, -0.2) is 13.6 Å². The Morgan fingerprint density at radius 2 is 1.74 bits per heavy atom. The molecule has 4 atom stereocenters. The predicted octanol–water partition coefficient (Wildman–Crippen LogP) is 3.75. The molecule has 1 saturated heterocycles. The lowest BCUT2D eigenvalue weighted by Crippen LogP contribution is -2.54. The fraction of sp³-hybridized carbons (Fsp3) is 0.346. The first kappa shape index (κ1) is 27.6. The lowest BCUT2D eigenvalue weighted by Gasteiger charge is -2.33. The van der Waals surface area contributed by atoms with E-state index in [2.05, 4.69) is 4.98 Å². The van der Waals surface area contributed by atoms with Gasteiger partial charge >= 0.3 is 11.7 Å². The van der Waals surface area contributed by atoms with Gasteiger partial charge in [-0.05, 0) is 11.1 Å². The van der Waals surface area contributed by atoms with Crippen molar-refractivity contribution in [3.8, 4) is 0 Å². The largest absolute Gasteiger partial charge is 0.455 e. The molecule has 1 aromatic heterocycles. The maximum atomic E-state index is 15.0. The highest BCUT2D eigenvalue weighted by Crippen LogP contribution is 2.45. The molecule has 2 aromatic carbocycles. The Morgan fingerprint density at radius 1 is 1.13 bits per heavy atom. The third kappa shape index (κ3) is 6.02. The van der Waals surface area contributed by atoms with Gasteiger partial charge in [-0.15, -0.1) is 0 Å². The minimum absolute atomic E-state index is 0.00216. The van der Waals surface area contributed by atoms with Crippen LogP contribution in [-0.4, -0.2) is 46.4 Å². The summed E-state index contributed by atoms with van der Waals surface area (Å²) in [6.07, 6.45) is -6.67. The summed E-state index contributed by atoms with van der Waals surface area (Å²) in [5.74, 6) is -1.05. The van der Waals surface area contributed by atoms with Crippen LogP contribution in [0, 0.1) is 0 Å². The lowest BCUT2D eigenvalue weighted by atomic mass is 9.95. The number of benzene rings is 2. The molecule has 1 fully saturated rings. The number of halogens is 3. The molecular formula is C26H26ClF2N3O6. The maximum absolute atomic E-state index is 15.0. The van der Waals surface area contributed by atoms with Gasteiger partial charge in [0, 0.05) is 13.1 Å². The Labute approximate surface area is 222 Å². The zero-order valence-corrected chi connectivity index (χ0v) is 21.1. The van der Waals surface area contributed by atoms with Crippen molar-refractivity contribution in [1.29, 1.82) is 0 Å². The van der Waals surface area contributed by atoms with Crippen molar-refractivity contribution >= 4 is 23.4 Å². The summed E-state index contributed by atoms with van der Waals surface area (Å²) >= 11 is 6.07. The second-order valence-corrected chi connectivity index (χ2v) is 9.10. The number of ether oxygens (including phenoxy) is 4. The summed E-state index contributed by atoms with van der Waals surface area (Å²) in [5, 5.41) is -0.119. The highest BCUT2D eigenvalue weighted by molar-refractivity contribution is 6.32. The van der Waals surface area contributed by atoms with Crippen LogP contribution in [-0.2, 0) is 37.0 Å². The van der Waals surface area contributed by atoms with E-state index in [1.54, 1.807) is 54.6 Å². The molecule has 0 radical (unpaired) electrons. The summed E-state index contributed by atoms with van der Waals surface area (Å²) in [6, 6.07) is 17.8. The van der Waals surface area contributed by atoms with Crippen LogP contribution in [0.15, 0.2) is 71.7 Å². The third-order valence-corrected chi connectivity index (χ3v) is 6.28. The number of carbonyl (C=O) groups excluding carboxylic acids is 1. The number of hydrogen-bond donors (Lipinski definition) is 1. The van der Waals surface area contributed by atoms with Gasteiger partial charge in [0.1, 0.15) is 11.9 Å². The van der Waals surface area contributed by atoms with E-state index in [4.69, 9.17) is 36.3 Å². The van der Waals surface area contributed by atoms with Gasteiger partial charge in [0.2, 0.25) is 0 Å². The molecule has 2 heterocycles. The van der Waals surface area contributed by atoms with Crippen LogP contribution in [0.4, 0.5) is 14.6 Å². The van der Waals surface area contributed by atoms with E-state index >= 15 is 0 Å². The zero-order chi connectivity index (χ0) is 27.3. The predicted molar refractivity (Wildman–Crippen MR) is 133 cm³/mol. The molecule has 12 heteroatoms. The highest BCUT2D eigenvalue weighted by atomic mass is 35.5. The number of nitrogens with two attached hydrogens (primary N) is 1. The van der Waals surface area contributed by atoms with Crippen molar-refractivity contribution in [2.24, 2.45) is 0 Å². The molecule has 4 rings (SSSR count). The van der Waals surface area contributed by atoms with E-state index in [0.29, 0.717) is 5.56 Å². The minimum atomic E-state index is -3.17. The Morgan fingerprint density at radius 3 is 2.32 bits per heavy atom. The average Bonchev–Trinajstić information content (AvgIpc) is 3.19. The molecule has 38 heavy (non-hydrogen) atoms. The first-order valence-electron chi connectivity index (χ1n) is 11.7. The van der Waals surface area contributed by atoms with E-state index in [1.807, 2.05) is 6.07 Å². The number of nitrogen functional groups attached to an aromatic ring is 1. The molecule has 2 N–H and O–H groups in total. The van der Waals surface area contributed by atoms with Crippen molar-refractivity contribution in [2.75, 3.05) is 12.3 Å². The van der Waals surface area contributed by atoms with Crippen LogP contribution >= 0.6 is 11.6 Å². The zero-order valence-electron chi connectivity index (χ0n) is 20.3. The van der Waals surface area contributed by atoms with Crippen molar-refractivity contribution in [3.05, 3.63) is 93.5 Å². The average molecular weight is 550 g/mol. The molecule has 1 aliphatic heterocycles. The van der Waals surface area contributed by atoms with Gasteiger partial charge in [0.05, 0.1) is 24.8 Å². The number of aromatic nitrogens is 2. The summed E-state index contributed by atoms with van der Waals surface area (Å²) in [4.78, 5) is 28.4. The number of rotatable bonds is 10. The molecule has 1 aliphatic rings. The van der Waals surface area contributed by atoms with Gasteiger partial charge in [-0.2, -0.15) is 4.98 Å². The number of hydrogen-bond acceptors (Lipinski definition) is 8. The molecule has 0 aliphatic carbocycles. The van der Waals surface area contributed by atoms with Crippen molar-refractivity contribution in [3.63, 3.8) is 0 Å². The van der Waals surface area contributed by atoms with Crippen LogP contribution in [0.1, 0.15) is 24.3 Å². The number of carbonyl (C=O) groups is 1. The molecule has 0 spiro atoms. The number of alkyl halides is 2. The van der Waals surface area contributed by atoms with E-state index in [-0.39, 0.29) is 24.1 Å². The van der Waals surface area contributed by atoms with Crippen LogP contribution in [0.5, 0.6) is 0 Å². The number of nitrogens with zero attached hydrogens (tertiary/aromatic N) is 2. The molecule has 4 unspecified atom stereocenters. The van der Waals surface area contributed by atoms with Crippen molar-refractivity contribution in [1.82, 2.24) is 9.55 Å². The SMILES string of the molecule is CC(=O)OC1C(n2cc(Cl)c(N)nc2=O)OC(COCc2ccccc2)(C(F)F)C1OCc1ccccc1. The second-order valence-electron chi connectivity index (χ2n) is 8.70. The highest BCUT2D eigenvalue weighted by Gasteiger charge is 2.64. The Hall–Kier alpha value is -3.38. The Kier molecular flexibility index (Phi) is 8.72. The summed E-state index contributed by atoms with van der Waals surface area (Å²) in [5.41, 5.74) is 3.68. The normalized spacial score (nSPS) is 23.0. The van der Waals surface area contributed by atoms with Crippen molar-refractivity contribution < 1.29 is 32.5 Å². The first-order valence-corrected chi connectivity index (χ1v) is 12.0. The maximum Gasteiger partial charge on any atom is 0.351 e. The Bertz CT molecular complexity index is 1300. The van der Waals surface area contributed by atoms with Crippen molar-refractivity contribution in [2.45, 2.75) is 50.6 Å². The molecule has 0 saturated carbocycles. The molecule has 0 bridgehead atoms. The molecule has 9 nitrogen and oxygen atoms in total. The van der Waals surface area contributed by atoms with Gasteiger partial charge in [0.25, 0.3) is 6.43 Å². The summed E-state index contributed by atoms with van der Waals surface area (Å²) in [7, 11) is 0. The molecule has 3 aromatic rings. The topological polar surface area (TPSA) is 115 Å². The molecule has 202 valence electrons. The fourth-order valence-corrected chi connectivity index (χ4v) is 4.35. The van der Waals surface area contributed by atoms with Crippen LogP contribution in [0.2, 0.25) is 5.02 Å². The van der Waals surface area contributed by atoms with E-state index < -0.39 is 48.7 Å². The second kappa shape index (κ2) is 12.0. The van der Waals surface area contributed by atoms with Crippen LogP contribution in [0.3, 0.4) is 0 Å². The van der Waals surface area contributed by atoms with E-state index in [0.717, 1.165) is 23.3 Å². The van der Waals surface area contributed by atoms with Gasteiger partial charge in [-0.3, -0.25) is 9.36 Å². The Balaban J connectivity index is 1.74. The smallest absolute Gasteiger partial charge is 0.351 e. The van der Waals surface area contributed by atoms with E-state index in [1.165, 1.54) is 0 Å². The van der Waals surface area contributed by atoms with E-state index in [9.17, 15) is 18.4 Å². The number of esters is 1. The minimum Gasteiger partial charge on any atom is -0.455 e. The molecular weight excluding hydrogens is 524 g/mol. The van der Waals surface area contributed by atoms with Gasteiger partial charge in [-0.1, -0.05) is 72.3 Å². The van der Waals surface area contributed by atoms with Crippen LogP contribution < -0.4 is 11.4 Å². The monoisotopic (exact) mass is 549 g/mol. The quantitative estimate of drug-likeness (QED) is 0.380. The standard InChI is InChI=1S/C26H26ClF2N3O6/c1-16(33)37-20-21(36-14-18-10-6-3-7-11-18)26(24(28)29,15-35-13-17-8-4-2-5-9-17)38-23(20)32-12-19(27)22(30)31-25(32)34/h2-12,20-21,23-24H,13-15H2,1H3,(H2,30,31,34). The fourth-order valence-electron chi connectivity index (χ4n) is 4.21. The first-order chi connectivity index (χ1) is 18.2. The summed E-state index contributed by atoms with van der Waals surface area (Å²) in [6.45, 7) is 0.360. The van der Waals surface area contributed by atoms with Crippen LogP contribution in [0.25, 0.3) is 0 Å². The lowest BCUT2D eigenvalue weighted by molar-refractivity contribution is -0.215. The van der Waals surface area contributed by atoms with Gasteiger partial charge in [0.15, 0.2) is 17.9 Å². The molecule has 0 amide bonds. The summed E-state index contributed by atoms with van der Waals surface area (Å²) < 4.78 is 53.8.